The van der Waals surface area contributed by atoms with Crippen molar-refractivity contribution in [1.82, 2.24) is 10.6 Å². The third-order valence-corrected chi connectivity index (χ3v) is 5.10. The van der Waals surface area contributed by atoms with Gasteiger partial charge in [-0.15, -0.1) is 12.4 Å². The normalized spacial score (nSPS) is 22.2. The number of aliphatic hydroxyl groups excluding tert-OH is 1. The quantitative estimate of drug-likeness (QED) is 0.688. The number of amides is 1. The van der Waals surface area contributed by atoms with Crippen molar-refractivity contribution in [2.24, 2.45) is 0 Å². The zero-order valence-electron chi connectivity index (χ0n) is 14.6. The van der Waals surface area contributed by atoms with Crippen LogP contribution in [0.3, 0.4) is 0 Å². The monoisotopic (exact) mass is 434 g/mol. The largest absolute Gasteiger partial charge is 0.416 e. The predicted molar refractivity (Wildman–Crippen MR) is 103 cm³/mol. The number of carbonyl (C=O) groups excluding carboxylic acids is 1. The lowest BCUT2D eigenvalue weighted by Gasteiger charge is -2.43. The first-order valence-electron chi connectivity index (χ1n) is 8.37. The average molecular weight is 435 g/mol. The zero-order chi connectivity index (χ0) is 19.7. The van der Waals surface area contributed by atoms with Crippen molar-refractivity contribution in [3.05, 3.63) is 70.2 Å². The minimum Gasteiger partial charge on any atom is -0.389 e. The smallest absolute Gasteiger partial charge is 0.389 e. The Morgan fingerprint density at radius 2 is 1.89 bits per heavy atom. The number of alkyl halides is 3. The van der Waals surface area contributed by atoms with Crippen LogP contribution in [-0.4, -0.2) is 30.2 Å². The molecule has 0 aromatic heterocycles. The maximum atomic E-state index is 13.0. The Morgan fingerprint density at radius 3 is 2.50 bits per heavy atom. The minimum absolute atomic E-state index is 0. The second kappa shape index (κ2) is 8.69. The molecule has 2 aromatic carbocycles. The first-order valence-corrected chi connectivity index (χ1v) is 8.75. The van der Waals surface area contributed by atoms with Gasteiger partial charge in [0.05, 0.1) is 27.8 Å². The highest BCUT2D eigenvalue weighted by Crippen LogP contribution is 2.34. The molecule has 1 heterocycles. The van der Waals surface area contributed by atoms with Gasteiger partial charge in [-0.1, -0.05) is 41.9 Å². The number of hydrogen-bond donors (Lipinski definition) is 3. The Kier molecular flexibility index (Phi) is 6.98. The molecular formula is C19H19Cl2F3N2O2. The van der Waals surface area contributed by atoms with Gasteiger partial charge in [0.15, 0.2) is 0 Å². The van der Waals surface area contributed by atoms with E-state index in [0.717, 1.165) is 18.2 Å². The number of nitrogens with one attached hydrogen (secondary N) is 2. The van der Waals surface area contributed by atoms with E-state index in [1.165, 1.54) is 0 Å². The van der Waals surface area contributed by atoms with Gasteiger partial charge in [-0.2, -0.15) is 13.2 Å². The summed E-state index contributed by atoms with van der Waals surface area (Å²) < 4.78 is 39.0. The molecule has 2 atom stereocenters. The Balaban J connectivity index is 0.00000280. The summed E-state index contributed by atoms with van der Waals surface area (Å²) in [7, 11) is 0. The Bertz CT molecular complexity index is 834. The molecule has 1 aliphatic rings. The van der Waals surface area contributed by atoms with Crippen LogP contribution in [0.1, 0.15) is 27.9 Å². The van der Waals surface area contributed by atoms with Crippen molar-refractivity contribution in [3.8, 4) is 0 Å². The van der Waals surface area contributed by atoms with Crippen LogP contribution in [0.25, 0.3) is 0 Å². The van der Waals surface area contributed by atoms with Crippen molar-refractivity contribution in [2.75, 3.05) is 13.1 Å². The zero-order valence-corrected chi connectivity index (χ0v) is 16.2. The van der Waals surface area contributed by atoms with Crippen LogP contribution in [0.5, 0.6) is 0 Å². The molecule has 0 aliphatic carbocycles. The SMILES string of the molecule is Cl.O=C(N[C@]1(c2ccccc2)CCNC[C@H]1O)c1cc(C(F)(F)F)ccc1Cl. The number of benzene rings is 2. The van der Waals surface area contributed by atoms with E-state index in [1.54, 1.807) is 30.3 Å². The number of aliphatic hydroxyl groups is 1. The van der Waals surface area contributed by atoms with E-state index in [9.17, 15) is 23.1 Å². The summed E-state index contributed by atoms with van der Waals surface area (Å²) in [5, 5.41) is 16.3. The molecule has 0 spiro atoms. The molecule has 0 saturated carbocycles. The molecule has 0 unspecified atom stereocenters. The maximum Gasteiger partial charge on any atom is 0.416 e. The second-order valence-electron chi connectivity index (χ2n) is 6.45. The highest BCUT2D eigenvalue weighted by molar-refractivity contribution is 6.33. The van der Waals surface area contributed by atoms with Crippen molar-refractivity contribution < 1.29 is 23.1 Å². The van der Waals surface area contributed by atoms with Crippen LogP contribution < -0.4 is 10.6 Å². The van der Waals surface area contributed by atoms with E-state index in [1.807, 2.05) is 0 Å². The summed E-state index contributed by atoms with van der Waals surface area (Å²) in [5.41, 5.74) is -1.69. The van der Waals surface area contributed by atoms with Crippen molar-refractivity contribution in [2.45, 2.75) is 24.2 Å². The van der Waals surface area contributed by atoms with E-state index < -0.39 is 29.3 Å². The highest BCUT2D eigenvalue weighted by atomic mass is 35.5. The Labute approximate surface area is 171 Å². The number of hydrogen-bond acceptors (Lipinski definition) is 3. The lowest BCUT2D eigenvalue weighted by molar-refractivity contribution is -0.137. The van der Waals surface area contributed by atoms with Gasteiger partial charge in [0.25, 0.3) is 5.91 Å². The average Bonchev–Trinajstić information content (AvgIpc) is 2.63. The summed E-state index contributed by atoms with van der Waals surface area (Å²) in [6.07, 6.45) is -5.17. The number of halogens is 5. The number of piperidine rings is 1. The molecule has 4 nitrogen and oxygen atoms in total. The van der Waals surface area contributed by atoms with Crippen LogP contribution in [0, 0.1) is 0 Å². The van der Waals surface area contributed by atoms with Gasteiger partial charge in [0.2, 0.25) is 0 Å². The van der Waals surface area contributed by atoms with Crippen LogP contribution >= 0.6 is 24.0 Å². The summed E-state index contributed by atoms with van der Waals surface area (Å²) >= 11 is 5.98. The molecule has 1 amide bonds. The van der Waals surface area contributed by atoms with Crippen molar-refractivity contribution >= 4 is 29.9 Å². The molecule has 28 heavy (non-hydrogen) atoms. The van der Waals surface area contributed by atoms with Crippen molar-refractivity contribution in [1.29, 1.82) is 0 Å². The van der Waals surface area contributed by atoms with E-state index >= 15 is 0 Å². The summed E-state index contributed by atoms with van der Waals surface area (Å²) in [5.74, 6) is -0.768. The summed E-state index contributed by atoms with van der Waals surface area (Å²) in [6.45, 7) is 0.772. The molecule has 1 aliphatic heterocycles. The molecule has 2 aromatic rings. The van der Waals surface area contributed by atoms with Crippen molar-refractivity contribution in [3.63, 3.8) is 0 Å². The minimum atomic E-state index is -4.59. The fourth-order valence-corrected chi connectivity index (χ4v) is 3.50. The fraction of sp³-hybridized carbons (Fsp3) is 0.316. The lowest BCUT2D eigenvalue weighted by Crippen LogP contribution is -2.61. The molecular weight excluding hydrogens is 416 g/mol. The first-order chi connectivity index (χ1) is 12.7. The predicted octanol–water partition coefficient (Wildman–Crippen LogP) is 3.76. The molecule has 1 saturated heterocycles. The van der Waals surface area contributed by atoms with Gasteiger partial charge in [0.1, 0.15) is 0 Å². The third-order valence-electron chi connectivity index (χ3n) is 4.77. The maximum absolute atomic E-state index is 13.0. The number of β-amino-alcohol motifs (C(OH)–C–C–N with tert-alkyl or cyclic N) is 1. The van der Waals surface area contributed by atoms with Crippen LogP contribution in [0.15, 0.2) is 48.5 Å². The molecule has 3 rings (SSSR count). The Morgan fingerprint density at radius 1 is 1.21 bits per heavy atom. The molecule has 3 N–H and O–H groups in total. The second-order valence-corrected chi connectivity index (χ2v) is 6.86. The van der Waals surface area contributed by atoms with E-state index in [0.29, 0.717) is 18.5 Å². The van der Waals surface area contributed by atoms with E-state index in [2.05, 4.69) is 10.6 Å². The molecule has 0 bridgehead atoms. The lowest BCUT2D eigenvalue weighted by atomic mass is 9.79. The first kappa shape index (κ1) is 22.5. The van der Waals surface area contributed by atoms with Gasteiger partial charge in [-0.05, 0) is 36.7 Å². The van der Waals surface area contributed by atoms with Gasteiger partial charge in [0, 0.05) is 6.54 Å². The summed E-state index contributed by atoms with van der Waals surface area (Å²) in [4.78, 5) is 12.8. The number of carbonyl (C=O) groups is 1. The van der Waals surface area contributed by atoms with E-state index in [4.69, 9.17) is 11.6 Å². The highest BCUT2D eigenvalue weighted by Gasteiger charge is 2.43. The molecule has 0 radical (unpaired) electrons. The van der Waals surface area contributed by atoms with Gasteiger partial charge >= 0.3 is 6.18 Å². The van der Waals surface area contributed by atoms with Gasteiger partial charge in [-0.25, -0.2) is 0 Å². The number of rotatable bonds is 3. The van der Waals surface area contributed by atoms with Crippen LogP contribution in [0.2, 0.25) is 5.02 Å². The Hall–Kier alpha value is -1.80. The standard InChI is InChI=1S/C19H18ClF3N2O2.ClH/c20-15-7-6-13(19(21,22)23)10-14(15)17(27)25-18(8-9-24-11-16(18)26)12-4-2-1-3-5-12;/h1-7,10,16,24,26H,8-9,11H2,(H,25,27);1H/t16-,18+;/m1./s1. The summed E-state index contributed by atoms with van der Waals surface area (Å²) in [6, 6.07) is 11.5. The van der Waals surface area contributed by atoms with E-state index in [-0.39, 0.29) is 29.5 Å². The van der Waals surface area contributed by atoms with Crippen LogP contribution in [0.4, 0.5) is 13.2 Å². The molecule has 1 fully saturated rings. The van der Waals surface area contributed by atoms with Gasteiger partial charge in [-0.3, -0.25) is 4.79 Å². The molecule has 9 heteroatoms. The fourth-order valence-electron chi connectivity index (χ4n) is 3.30. The topological polar surface area (TPSA) is 61.4 Å². The van der Waals surface area contributed by atoms with Gasteiger partial charge < -0.3 is 15.7 Å². The molecule has 152 valence electrons. The van der Waals surface area contributed by atoms with Crippen LogP contribution in [-0.2, 0) is 11.7 Å². The third kappa shape index (κ3) is 4.43.